The van der Waals surface area contributed by atoms with Gasteiger partial charge in [0.05, 0.1) is 29.9 Å². The summed E-state index contributed by atoms with van der Waals surface area (Å²) in [6.07, 6.45) is 6.08. The topological polar surface area (TPSA) is 113 Å². The highest BCUT2D eigenvalue weighted by atomic mass is 35.5. The first-order valence-electron chi connectivity index (χ1n) is 11.6. The molecule has 36 heavy (non-hydrogen) atoms. The molecule has 0 aliphatic carbocycles. The van der Waals surface area contributed by atoms with Crippen molar-refractivity contribution >= 4 is 40.8 Å². The monoisotopic (exact) mass is 530 g/mol. The summed E-state index contributed by atoms with van der Waals surface area (Å²) >= 11 is 12.2. The summed E-state index contributed by atoms with van der Waals surface area (Å²) in [4.78, 5) is 31.5. The summed E-state index contributed by atoms with van der Waals surface area (Å²) in [6.45, 7) is 2.62. The Hall–Kier alpha value is -3.36. The molecular weight excluding hydrogens is 503 g/mol. The minimum atomic E-state index is -0.955. The van der Waals surface area contributed by atoms with E-state index in [1.54, 1.807) is 42.7 Å². The molecule has 0 radical (unpaired) electrons. The number of benzene rings is 2. The Morgan fingerprint density at radius 3 is 2.44 bits per heavy atom. The van der Waals surface area contributed by atoms with Crippen LogP contribution in [-0.2, 0) is 4.79 Å². The van der Waals surface area contributed by atoms with Gasteiger partial charge in [0.1, 0.15) is 6.61 Å². The number of nitrogens with one attached hydrogen (secondary N) is 2. The van der Waals surface area contributed by atoms with Crippen molar-refractivity contribution in [3.63, 3.8) is 0 Å². The van der Waals surface area contributed by atoms with Gasteiger partial charge < -0.3 is 20.5 Å². The fourth-order valence-electron chi connectivity index (χ4n) is 3.38. The van der Waals surface area contributed by atoms with Gasteiger partial charge in [-0.3, -0.25) is 9.59 Å². The second-order valence-electron chi connectivity index (χ2n) is 8.14. The lowest BCUT2D eigenvalue weighted by Crippen LogP contribution is -2.27. The first kappa shape index (κ1) is 27.2. The molecule has 0 saturated heterocycles. The molecule has 8 nitrogen and oxygen atoms in total. The van der Waals surface area contributed by atoms with Gasteiger partial charge in [0.25, 0.3) is 5.91 Å². The van der Waals surface area contributed by atoms with Gasteiger partial charge in [-0.1, -0.05) is 43.0 Å². The van der Waals surface area contributed by atoms with Crippen LogP contribution in [0.4, 0.5) is 5.69 Å². The van der Waals surface area contributed by atoms with Crippen molar-refractivity contribution in [2.75, 3.05) is 18.5 Å². The van der Waals surface area contributed by atoms with Crippen LogP contribution in [0.5, 0.6) is 5.75 Å². The van der Waals surface area contributed by atoms with Crippen molar-refractivity contribution in [3.05, 3.63) is 70.5 Å². The number of carboxylic acid groups (broad SMARTS) is 1. The third-order valence-electron chi connectivity index (χ3n) is 5.30. The van der Waals surface area contributed by atoms with Crippen molar-refractivity contribution < 1.29 is 19.4 Å². The SMILES string of the molecule is CCCCC(COc1cnc(-c2ccc(Cl)cc2Cl)nc1)Nc1ccc(C(=O)NCCC(=O)O)cc1. The number of anilines is 1. The molecule has 0 aliphatic rings. The van der Waals surface area contributed by atoms with Gasteiger partial charge in [0.15, 0.2) is 11.6 Å². The van der Waals surface area contributed by atoms with Crippen LogP contribution in [0.3, 0.4) is 0 Å². The van der Waals surface area contributed by atoms with E-state index >= 15 is 0 Å². The van der Waals surface area contributed by atoms with E-state index in [2.05, 4.69) is 27.5 Å². The number of hydrogen-bond donors (Lipinski definition) is 3. The van der Waals surface area contributed by atoms with E-state index in [1.807, 2.05) is 12.1 Å². The van der Waals surface area contributed by atoms with Crippen LogP contribution in [0.15, 0.2) is 54.9 Å². The molecule has 10 heteroatoms. The molecule has 1 aromatic heterocycles. The normalized spacial score (nSPS) is 11.5. The number of carbonyl (C=O) groups is 2. The van der Waals surface area contributed by atoms with E-state index in [0.717, 1.165) is 24.9 Å². The molecule has 0 spiro atoms. The maximum Gasteiger partial charge on any atom is 0.305 e. The van der Waals surface area contributed by atoms with Crippen LogP contribution in [0.1, 0.15) is 43.0 Å². The second kappa shape index (κ2) is 13.7. The van der Waals surface area contributed by atoms with E-state index < -0.39 is 5.97 Å². The molecule has 2 aromatic carbocycles. The number of aromatic nitrogens is 2. The summed E-state index contributed by atoms with van der Waals surface area (Å²) < 4.78 is 5.95. The summed E-state index contributed by atoms with van der Waals surface area (Å²) in [5, 5.41) is 15.8. The van der Waals surface area contributed by atoms with E-state index in [-0.39, 0.29) is 24.9 Å². The van der Waals surface area contributed by atoms with Gasteiger partial charge in [-0.25, -0.2) is 9.97 Å². The molecule has 0 aliphatic heterocycles. The zero-order chi connectivity index (χ0) is 25.9. The van der Waals surface area contributed by atoms with E-state index in [0.29, 0.717) is 39.4 Å². The fraction of sp³-hybridized carbons (Fsp3) is 0.308. The molecule has 3 aromatic rings. The predicted octanol–water partition coefficient (Wildman–Crippen LogP) is 5.70. The maximum absolute atomic E-state index is 12.1. The quantitative estimate of drug-likeness (QED) is 0.259. The fourth-order valence-corrected chi connectivity index (χ4v) is 3.88. The van der Waals surface area contributed by atoms with Crippen LogP contribution < -0.4 is 15.4 Å². The molecule has 0 fully saturated rings. The van der Waals surface area contributed by atoms with Crippen molar-refractivity contribution in [2.45, 2.75) is 38.6 Å². The summed E-state index contributed by atoms with van der Waals surface area (Å²) in [5.41, 5.74) is 2.00. The highest BCUT2D eigenvalue weighted by Crippen LogP contribution is 2.28. The molecule has 3 N–H and O–H groups in total. The van der Waals surface area contributed by atoms with Gasteiger partial charge in [0, 0.05) is 28.4 Å². The lowest BCUT2D eigenvalue weighted by Gasteiger charge is -2.20. The van der Waals surface area contributed by atoms with Crippen molar-refractivity contribution in [3.8, 4) is 17.1 Å². The Kier molecular flexibility index (Phi) is 10.3. The molecule has 1 unspecified atom stereocenters. The van der Waals surface area contributed by atoms with Gasteiger partial charge in [-0.15, -0.1) is 0 Å². The molecule has 190 valence electrons. The number of rotatable bonds is 13. The Morgan fingerprint density at radius 1 is 1.08 bits per heavy atom. The standard InChI is InChI=1S/C26H28Cl2N4O4/c1-2-3-4-20(32-19-8-5-17(6-9-19)26(35)29-12-11-24(33)34)16-36-21-14-30-25(31-15-21)22-10-7-18(27)13-23(22)28/h5-10,13-15,20,32H,2-4,11-12,16H2,1H3,(H,29,35)(H,33,34). The third kappa shape index (κ3) is 8.39. The zero-order valence-electron chi connectivity index (χ0n) is 19.8. The smallest absolute Gasteiger partial charge is 0.305 e. The Bertz CT molecular complexity index is 1160. The zero-order valence-corrected chi connectivity index (χ0v) is 21.4. The first-order valence-corrected chi connectivity index (χ1v) is 12.4. The molecule has 3 rings (SSSR count). The average Bonchev–Trinajstić information content (AvgIpc) is 2.86. The predicted molar refractivity (Wildman–Crippen MR) is 141 cm³/mol. The van der Waals surface area contributed by atoms with Crippen LogP contribution in [0, 0.1) is 0 Å². The molecule has 1 heterocycles. The van der Waals surface area contributed by atoms with Crippen molar-refractivity contribution in [2.24, 2.45) is 0 Å². The average molecular weight is 531 g/mol. The number of hydrogen-bond acceptors (Lipinski definition) is 6. The molecule has 0 saturated carbocycles. The first-order chi connectivity index (χ1) is 17.4. The van der Waals surface area contributed by atoms with Crippen molar-refractivity contribution in [1.29, 1.82) is 0 Å². The Morgan fingerprint density at radius 2 is 1.81 bits per heavy atom. The van der Waals surface area contributed by atoms with Gasteiger partial charge in [-0.05, 0) is 48.9 Å². The van der Waals surface area contributed by atoms with E-state index in [9.17, 15) is 9.59 Å². The van der Waals surface area contributed by atoms with Crippen LogP contribution >= 0.6 is 23.2 Å². The number of nitrogens with zero attached hydrogens (tertiary/aromatic N) is 2. The lowest BCUT2D eigenvalue weighted by atomic mass is 10.1. The number of amides is 1. The van der Waals surface area contributed by atoms with Crippen LogP contribution in [-0.4, -0.2) is 46.1 Å². The Labute approximate surface area is 220 Å². The van der Waals surface area contributed by atoms with Gasteiger partial charge in [0.2, 0.25) is 0 Å². The van der Waals surface area contributed by atoms with Gasteiger partial charge in [-0.2, -0.15) is 0 Å². The maximum atomic E-state index is 12.1. The van der Waals surface area contributed by atoms with Crippen LogP contribution in [0.2, 0.25) is 10.0 Å². The number of carboxylic acids is 1. The van der Waals surface area contributed by atoms with Crippen molar-refractivity contribution in [1.82, 2.24) is 15.3 Å². The van der Waals surface area contributed by atoms with Crippen LogP contribution in [0.25, 0.3) is 11.4 Å². The lowest BCUT2D eigenvalue weighted by molar-refractivity contribution is -0.136. The molecular formula is C26H28Cl2N4O4. The van der Waals surface area contributed by atoms with Gasteiger partial charge >= 0.3 is 5.97 Å². The molecule has 1 amide bonds. The van der Waals surface area contributed by atoms with E-state index in [4.69, 9.17) is 33.0 Å². The molecule has 0 bridgehead atoms. The summed E-state index contributed by atoms with van der Waals surface area (Å²) in [5.74, 6) is -0.238. The third-order valence-corrected chi connectivity index (χ3v) is 5.85. The number of ether oxygens (including phenoxy) is 1. The second-order valence-corrected chi connectivity index (χ2v) is 8.98. The van der Waals surface area contributed by atoms with E-state index in [1.165, 1.54) is 0 Å². The summed E-state index contributed by atoms with van der Waals surface area (Å²) in [7, 11) is 0. The highest BCUT2D eigenvalue weighted by Gasteiger charge is 2.12. The summed E-state index contributed by atoms with van der Waals surface area (Å²) in [6, 6.07) is 12.2. The minimum Gasteiger partial charge on any atom is -0.488 e. The number of unbranched alkanes of at least 4 members (excludes halogenated alkanes) is 1. The minimum absolute atomic E-state index is 0.0329. The largest absolute Gasteiger partial charge is 0.488 e. The highest BCUT2D eigenvalue weighted by molar-refractivity contribution is 6.36. The number of aliphatic carboxylic acids is 1. The number of halogens is 2. The Balaban J connectivity index is 1.57. The number of carbonyl (C=O) groups excluding carboxylic acids is 1. The molecule has 1 atom stereocenters.